The Bertz CT molecular complexity index is 4160. The van der Waals surface area contributed by atoms with Crippen molar-refractivity contribution in [3.8, 4) is 103 Å². The Morgan fingerprint density at radius 2 is 0.564 bits per heavy atom. The smallest absolute Gasteiger partial charge is 0.343 e. The van der Waals surface area contributed by atoms with Crippen LogP contribution in [0.3, 0.4) is 0 Å². The van der Waals surface area contributed by atoms with Gasteiger partial charge in [-0.25, -0.2) is 29.5 Å². The van der Waals surface area contributed by atoms with Crippen molar-refractivity contribution in [1.82, 2.24) is 19.9 Å². The molecule has 10 rings (SSSR count). The van der Waals surface area contributed by atoms with E-state index in [0.717, 1.165) is 135 Å². The summed E-state index contributed by atoms with van der Waals surface area (Å²) in [5, 5.41) is 18.5. The number of hydrogen-bond donors (Lipinski definition) is 0. The van der Waals surface area contributed by atoms with Crippen LogP contribution in [0, 0.1) is 22.7 Å². The van der Waals surface area contributed by atoms with Gasteiger partial charge in [-0.3, -0.25) is 0 Å². The van der Waals surface area contributed by atoms with E-state index in [1.165, 1.54) is 88.2 Å². The molecule has 0 atom stereocenters. The maximum Gasteiger partial charge on any atom is 0.343 e. The lowest BCUT2D eigenvalue weighted by Crippen LogP contribution is -2.10. The Kier molecular flexibility index (Phi) is 34.0. The minimum Gasteiger partial charge on any atom is -0.494 e. The number of aromatic nitrogens is 4. The number of nitriles is 2. The van der Waals surface area contributed by atoms with Gasteiger partial charge in [0.15, 0.2) is 34.6 Å². The molecule has 0 saturated heterocycles. The number of esters is 2. The van der Waals surface area contributed by atoms with Gasteiger partial charge < -0.3 is 37.9 Å². The lowest BCUT2D eigenvalue weighted by molar-refractivity contribution is 0.0724. The fraction of sp³-hybridized carbons (Fsp3) is 0.362. The van der Waals surface area contributed by atoms with Crippen molar-refractivity contribution in [3.05, 3.63) is 240 Å². The average molecular weight is 1480 g/mol. The van der Waals surface area contributed by atoms with Crippen LogP contribution in [0.4, 0.5) is 0 Å². The summed E-state index contributed by atoms with van der Waals surface area (Å²) in [5.41, 5.74) is 9.83. The van der Waals surface area contributed by atoms with Gasteiger partial charge in [-0.05, 0) is 270 Å². The molecule has 0 radical (unpaired) electrons. The third-order valence-electron chi connectivity index (χ3n) is 19.1. The Morgan fingerprint density at radius 3 is 0.891 bits per heavy atom. The number of aryl methyl sites for hydroxylation is 2. The summed E-state index contributed by atoms with van der Waals surface area (Å²) in [6.45, 7) is 7.38. The number of rotatable bonds is 49. The molecule has 570 valence electrons. The molecule has 0 aliphatic heterocycles. The van der Waals surface area contributed by atoms with Crippen LogP contribution in [-0.2, 0) is 12.8 Å². The predicted molar refractivity (Wildman–Crippen MR) is 433 cm³/mol. The van der Waals surface area contributed by atoms with Crippen LogP contribution in [0.15, 0.2) is 207 Å². The van der Waals surface area contributed by atoms with Gasteiger partial charge in [0.1, 0.15) is 23.0 Å². The lowest BCUT2D eigenvalue weighted by Gasteiger charge is -2.15. The highest BCUT2D eigenvalue weighted by Crippen LogP contribution is 2.34. The standard InChI is InChI=1S/C94H104N6O10/c1-3-5-7-9-11-19-27-73-67-97-91(98-68-73)79-41-47-83(48-42-79)103-57-21-13-15-25-61-107-89-63-81(93(101)109-85-51-37-77(38-52-85)75-33-29-71(65-95)30-34-75)45-55-87(89)105-59-23-17-18-24-60-106-88-56-46-82(94(102)110-86-53-39-78(40-54-86)76-35-31-72(66-96)32-36-76)64-90(88)108-62-26-16-14-22-58-104-84-49-43-80(44-50-84)92-99-69-74(70-100-92)28-20-12-10-8-6-4-2/h29-56,63-64,67-70H,3-28,57-62H2,1-2H3. The molecular weight excluding hydrogens is 1370 g/mol. The first-order chi connectivity index (χ1) is 54.2. The first-order valence-corrected chi connectivity index (χ1v) is 39.7. The van der Waals surface area contributed by atoms with Crippen LogP contribution in [0.2, 0.25) is 0 Å². The maximum atomic E-state index is 13.7. The Balaban J connectivity index is 0.674. The van der Waals surface area contributed by atoms with Crippen molar-refractivity contribution in [1.29, 1.82) is 10.5 Å². The molecule has 0 amide bonds. The molecule has 16 heteroatoms. The maximum absolute atomic E-state index is 13.7. The molecular formula is C94H104N6O10. The minimum absolute atomic E-state index is 0.326. The largest absolute Gasteiger partial charge is 0.494 e. The summed E-state index contributed by atoms with van der Waals surface area (Å²) >= 11 is 0. The van der Waals surface area contributed by atoms with Crippen molar-refractivity contribution in [2.45, 2.75) is 181 Å². The van der Waals surface area contributed by atoms with Gasteiger partial charge in [0.2, 0.25) is 0 Å². The number of nitrogens with zero attached hydrogens (tertiary/aromatic N) is 6. The minimum atomic E-state index is -0.527. The van der Waals surface area contributed by atoms with Crippen LogP contribution < -0.4 is 37.9 Å². The monoisotopic (exact) mass is 1480 g/mol. The second-order valence-electron chi connectivity index (χ2n) is 27.8. The van der Waals surface area contributed by atoms with E-state index < -0.39 is 11.9 Å². The number of hydrogen-bond acceptors (Lipinski definition) is 16. The van der Waals surface area contributed by atoms with Crippen molar-refractivity contribution >= 4 is 11.9 Å². The highest BCUT2D eigenvalue weighted by atomic mass is 16.5. The van der Waals surface area contributed by atoms with Crippen LogP contribution in [0.25, 0.3) is 45.0 Å². The summed E-state index contributed by atoms with van der Waals surface area (Å²) < 4.78 is 49.4. The van der Waals surface area contributed by atoms with Gasteiger partial charge in [-0.2, -0.15) is 10.5 Å². The van der Waals surface area contributed by atoms with Crippen LogP contribution >= 0.6 is 0 Å². The number of ether oxygens (including phenoxy) is 8. The molecule has 0 unspecified atom stereocenters. The van der Waals surface area contributed by atoms with Gasteiger partial charge in [0.05, 0.1) is 74.0 Å². The number of carbonyl (C=O) groups excluding carboxylic acids is 2. The van der Waals surface area contributed by atoms with E-state index in [1.54, 1.807) is 84.9 Å². The number of benzene rings is 8. The zero-order valence-corrected chi connectivity index (χ0v) is 64.0. The molecule has 2 aromatic heterocycles. The first-order valence-electron chi connectivity index (χ1n) is 39.7. The number of carbonyl (C=O) groups is 2. The van der Waals surface area contributed by atoms with Crippen LogP contribution in [0.5, 0.6) is 46.0 Å². The summed E-state index contributed by atoms with van der Waals surface area (Å²) in [6, 6.07) is 59.7. The molecule has 0 saturated carbocycles. The van der Waals surface area contributed by atoms with E-state index >= 15 is 0 Å². The SMILES string of the molecule is CCCCCCCCc1cnc(-c2ccc(OCCCCCCOc3cc(C(=O)Oc4ccc(-c5ccc(C#N)cc5)cc4)ccc3OCCCCCCOc3ccc(C(=O)Oc4ccc(-c5ccc(C#N)cc5)cc4)cc3OCCCCCCOc3ccc(-c4ncc(CCCCCCCC)cn4)cc3)cc2)nc1. The van der Waals surface area contributed by atoms with Crippen molar-refractivity contribution < 1.29 is 47.5 Å². The Labute approximate surface area is 650 Å². The predicted octanol–water partition coefficient (Wildman–Crippen LogP) is 23.0. The second kappa shape index (κ2) is 46.1. The average Bonchev–Trinajstić information content (AvgIpc) is 0.842. The fourth-order valence-corrected chi connectivity index (χ4v) is 12.6. The fourth-order valence-electron chi connectivity index (χ4n) is 12.6. The van der Waals surface area contributed by atoms with Crippen LogP contribution in [-0.4, -0.2) is 71.5 Å². The summed E-state index contributed by atoms with van der Waals surface area (Å²) in [4.78, 5) is 45.9. The molecule has 0 N–H and O–H groups in total. The van der Waals surface area contributed by atoms with Crippen molar-refractivity contribution in [3.63, 3.8) is 0 Å². The zero-order valence-electron chi connectivity index (χ0n) is 64.0. The molecule has 0 aliphatic carbocycles. The molecule has 0 spiro atoms. The van der Waals surface area contributed by atoms with Crippen molar-refractivity contribution in [2.75, 3.05) is 39.6 Å². The van der Waals surface area contributed by atoms with Gasteiger partial charge >= 0.3 is 11.9 Å². The topological polar surface area (TPSA) is 207 Å². The second-order valence-corrected chi connectivity index (χ2v) is 27.8. The first kappa shape index (κ1) is 81.2. The van der Waals surface area contributed by atoms with Gasteiger partial charge in [-0.1, -0.05) is 127 Å². The highest BCUT2D eigenvalue weighted by Gasteiger charge is 2.18. The van der Waals surface area contributed by atoms with Gasteiger partial charge in [0, 0.05) is 35.9 Å². The van der Waals surface area contributed by atoms with E-state index in [0.29, 0.717) is 108 Å². The molecule has 8 aromatic carbocycles. The molecule has 0 fully saturated rings. The summed E-state index contributed by atoms with van der Waals surface area (Å²) in [6.07, 6.45) is 35.4. The normalized spacial score (nSPS) is 10.9. The van der Waals surface area contributed by atoms with E-state index in [4.69, 9.17) is 37.9 Å². The molecule has 110 heavy (non-hydrogen) atoms. The summed E-state index contributed by atoms with van der Waals surface area (Å²) in [7, 11) is 0. The molecule has 0 aliphatic rings. The summed E-state index contributed by atoms with van der Waals surface area (Å²) in [5.74, 6) is 4.79. The Morgan fingerprint density at radius 1 is 0.291 bits per heavy atom. The van der Waals surface area contributed by atoms with E-state index in [9.17, 15) is 20.1 Å². The Hall–Kier alpha value is -11.4. The third kappa shape index (κ3) is 27.4. The van der Waals surface area contributed by atoms with E-state index in [2.05, 4.69) is 45.9 Å². The molecule has 10 aromatic rings. The molecule has 16 nitrogen and oxygen atoms in total. The van der Waals surface area contributed by atoms with E-state index in [1.807, 2.05) is 122 Å². The molecule has 2 heterocycles. The van der Waals surface area contributed by atoms with Gasteiger partial charge in [0.25, 0.3) is 0 Å². The quantitative estimate of drug-likeness (QED) is 0.0197. The lowest BCUT2D eigenvalue weighted by atomic mass is 10.0. The van der Waals surface area contributed by atoms with Crippen LogP contribution in [0.1, 0.15) is 211 Å². The van der Waals surface area contributed by atoms with Crippen molar-refractivity contribution in [2.24, 2.45) is 0 Å². The highest BCUT2D eigenvalue weighted by molar-refractivity contribution is 5.92. The zero-order chi connectivity index (χ0) is 76.4. The third-order valence-corrected chi connectivity index (χ3v) is 19.1. The number of unbranched alkanes of at least 4 members (excludes halogenated alkanes) is 19. The molecule has 0 bridgehead atoms. The van der Waals surface area contributed by atoms with Gasteiger partial charge in [-0.15, -0.1) is 0 Å². The van der Waals surface area contributed by atoms with E-state index in [-0.39, 0.29) is 0 Å².